The second kappa shape index (κ2) is 13.4. The molecule has 0 saturated heterocycles. The third kappa shape index (κ3) is 5.81. The van der Waals surface area contributed by atoms with Crippen LogP contribution >= 0.6 is 0 Å². The Kier molecular flexibility index (Phi) is 9.73. The predicted octanol–water partition coefficient (Wildman–Crippen LogP) is 6.97. The van der Waals surface area contributed by atoms with Crippen LogP contribution in [0.5, 0.6) is 0 Å². The molecule has 6 aliphatic rings. The first kappa shape index (κ1) is 38.4. The zero-order valence-electron chi connectivity index (χ0n) is 33.5. The lowest BCUT2D eigenvalue weighted by molar-refractivity contribution is -0.208. The number of carbonyl (C=O) groups is 3. The topological polar surface area (TPSA) is 135 Å². The maximum absolute atomic E-state index is 14.2. The van der Waals surface area contributed by atoms with E-state index in [1.54, 1.807) is 13.3 Å². The van der Waals surface area contributed by atoms with Crippen LogP contribution < -0.4 is 0 Å². The molecule has 1 aromatic rings. The number of Topliss-reactive ketones (excluding diaryl/α,β-unsaturated/α-hetero) is 1. The van der Waals surface area contributed by atoms with Crippen LogP contribution in [0, 0.1) is 56.7 Å². The van der Waals surface area contributed by atoms with Crippen LogP contribution in [0.25, 0.3) is 5.57 Å². The molecule has 4 saturated carbocycles. The molecule has 0 aliphatic heterocycles. The van der Waals surface area contributed by atoms with Gasteiger partial charge in [0.25, 0.3) is 0 Å². The van der Waals surface area contributed by atoms with Gasteiger partial charge in [0.2, 0.25) is 5.91 Å². The van der Waals surface area contributed by atoms with Gasteiger partial charge in [-0.2, -0.15) is 0 Å². The van der Waals surface area contributed by atoms with Gasteiger partial charge in [-0.1, -0.05) is 65.3 Å². The number of fused-ring (bicyclic) bond motifs is 7. The summed E-state index contributed by atoms with van der Waals surface area (Å²) in [6.45, 7) is 17.2. The van der Waals surface area contributed by atoms with Crippen LogP contribution in [0.1, 0.15) is 125 Å². The SMILES string of the molecule is CC[C@@]12CC[C@@]3([C@@H](O)CN(CC4CC4)C(=O)COC)CC(=O)C(C(C)C)=C3[C@H]1CC[C@@H]1[C@@]3(C)CC=C(c4cn(CC(=O)O)nn4)C(C)(C)[C@@H]3CC[C@]12C. The Morgan fingerprint density at radius 1 is 1.06 bits per heavy atom. The van der Waals surface area contributed by atoms with Gasteiger partial charge in [-0.15, -0.1) is 5.10 Å². The summed E-state index contributed by atoms with van der Waals surface area (Å²) < 4.78 is 6.68. The van der Waals surface area contributed by atoms with Gasteiger partial charge in [0.15, 0.2) is 5.78 Å². The lowest BCUT2D eigenvalue weighted by Crippen LogP contribution is -2.65. The Hall–Kier alpha value is -2.85. The highest BCUT2D eigenvalue weighted by Crippen LogP contribution is 2.78. The number of aliphatic hydroxyl groups excluding tert-OH is 1. The number of amides is 1. The summed E-state index contributed by atoms with van der Waals surface area (Å²) in [5.74, 6) is 0.886. The third-order valence-electron chi connectivity index (χ3n) is 16.3. The number of aromatic nitrogens is 3. The summed E-state index contributed by atoms with van der Waals surface area (Å²) in [5.41, 5.74) is 3.48. The quantitative estimate of drug-likeness (QED) is 0.235. The first-order chi connectivity index (χ1) is 25.0. The van der Waals surface area contributed by atoms with Crippen LogP contribution in [-0.2, 0) is 25.7 Å². The molecular formula is C43H64N4O6. The standard InChI is InChI=1S/C43H64N4O6/c1-9-43-19-18-42(34(49)23-46(21-27-10-11-27)35(50)25-53-8)20-31(48)37(26(2)3)38(42)29(43)12-13-33-40(6)16-14-28(30-22-47(45-44-30)24-36(51)52)39(4,5)32(40)15-17-41(33,43)7/h14,22,26-27,29,32-34,49H,9-13,15-21,23-25H2,1-8H3,(H,51,52)/t29-,32+,33-,34+,40+,41-,42+,43-/m1/s1. The first-order valence-electron chi connectivity index (χ1n) is 20.5. The van der Waals surface area contributed by atoms with E-state index in [0.717, 1.165) is 75.5 Å². The highest BCUT2D eigenvalue weighted by atomic mass is 16.5. The molecule has 6 aliphatic carbocycles. The van der Waals surface area contributed by atoms with Crippen molar-refractivity contribution in [3.05, 3.63) is 29.1 Å². The van der Waals surface area contributed by atoms with E-state index in [1.165, 1.54) is 15.8 Å². The first-order valence-corrected chi connectivity index (χ1v) is 20.5. The maximum atomic E-state index is 14.2. The predicted molar refractivity (Wildman–Crippen MR) is 202 cm³/mol. The van der Waals surface area contributed by atoms with Crippen LogP contribution in [0.2, 0.25) is 0 Å². The number of methoxy groups -OCH3 is 1. The van der Waals surface area contributed by atoms with Crippen LogP contribution in [0.4, 0.5) is 0 Å². The normalized spacial score (nSPS) is 36.7. The lowest BCUT2D eigenvalue weighted by atomic mass is 9.32. The van der Waals surface area contributed by atoms with E-state index in [-0.39, 0.29) is 64.9 Å². The minimum absolute atomic E-state index is 0.000438. The van der Waals surface area contributed by atoms with Gasteiger partial charge < -0.3 is 19.8 Å². The highest BCUT2D eigenvalue weighted by Gasteiger charge is 2.71. The zero-order valence-corrected chi connectivity index (χ0v) is 33.5. The van der Waals surface area contributed by atoms with Crippen LogP contribution in [-0.4, -0.2) is 80.7 Å². The number of ether oxygens (including phenoxy) is 1. The van der Waals surface area contributed by atoms with Crippen molar-refractivity contribution in [2.24, 2.45) is 56.7 Å². The van der Waals surface area contributed by atoms with Gasteiger partial charge in [0.1, 0.15) is 18.8 Å². The number of nitrogens with zero attached hydrogens (tertiary/aromatic N) is 4. The van der Waals surface area contributed by atoms with Crippen LogP contribution in [0.3, 0.4) is 0 Å². The zero-order chi connectivity index (χ0) is 38.3. The fourth-order valence-electron chi connectivity index (χ4n) is 13.9. The summed E-state index contributed by atoms with van der Waals surface area (Å²) in [4.78, 5) is 40.7. The molecule has 0 radical (unpaired) electrons. The number of hydrogen-bond donors (Lipinski definition) is 2. The molecule has 0 aromatic carbocycles. The van der Waals surface area contributed by atoms with Crippen molar-refractivity contribution in [3.8, 4) is 0 Å². The average Bonchev–Trinajstić information content (AvgIpc) is 3.69. The van der Waals surface area contributed by atoms with Crippen molar-refractivity contribution in [2.75, 3.05) is 26.8 Å². The number of aliphatic hydroxyl groups is 1. The summed E-state index contributed by atoms with van der Waals surface area (Å²) in [6.07, 6.45) is 14.0. The third-order valence-corrected chi connectivity index (χ3v) is 16.3. The second-order valence-corrected chi connectivity index (χ2v) is 19.4. The number of hydrogen-bond acceptors (Lipinski definition) is 7. The van der Waals surface area contributed by atoms with Crippen LogP contribution in [0.15, 0.2) is 23.4 Å². The lowest BCUT2D eigenvalue weighted by Gasteiger charge is -2.72. The molecule has 7 rings (SSSR count). The molecule has 0 bridgehead atoms. The maximum Gasteiger partial charge on any atom is 0.325 e. The number of allylic oxidation sites excluding steroid dienone is 3. The molecular weight excluding hydrogens is 668 g/mol. The Labute approximate surface area is 316 Å². The summed E-state index contributed by atoms with van der Waals surface area (Å²) in [6, 6.07) is 0. The van der Waals surface area contributed by atoms with Gasteiger partial charge in [-0.05, 0) is 127 Å². The number of carbonyl (C=O) groups excluding carboxylic acids is 2. The molecule has 292 valence electrons. The van der Waals surface area contributed by atoms with E-state index >= 15 is 0 Å². The highest BCUT2D eigenvalue weighted by molar-refractivity contribution is 6.00. The second-order valence-electron chi connectivity index (χ2n) is 19.4. The van der Waals surface area contributed by atoms with Crippen molar-refractivity contribution >= 4 is 23.2 Å². The molecule has 0 unspecified atom stereocenters. The van der Waals surface area contributed by atoms with Gasteiger partial charge in [0.05, 0.1) is 12.3 Å². The minimum Gasteiger partial charge on any atom is -0.480 e. The van der Waals surface area contributed by atoms with E-state index in [1.807, 2.05) is 4.90 Å². The van der Waals surface area contributed by atoms with E-state index in [2.05, 4.69) is 64.9 Å². The molecule has 1 amide bonds. The van der Waals surface area contributed by atoms with Crippen molar-refractivity contribution in [1.29, 1.82) is 0 Å². The number of carboxylic acids is 1. The van der Waals surface area contributed by atoms with Gasteiger partial charge in [-0.3, -0.25) is 14.4 Å². The molecule has 0 spiro atoms. The van der Waals surface area contributed by atoms with E-state index in [9.17, 15) is 24.6 Å². The fourth-order valence-corrected chi connectivity index (χ4v) is 13.9. The van der Waals surface area contributed by atoms with Crippen molar-refractivity contribution in [1.82, 2.24) is 19.9 Å². The van der Waals surface area contributed by atoms with Crippen molar-refractivity contribution in [3.63, 3.8) is 0 Å². The molecule has 4 fully saturated rings. The van der Waals surface area contributed by atoms with Gasteiger partial charge in [0, 0.05) is 32.0 Å². The van der Waals surface area contributed by atoms with E-state index < -0.39 is 17.5 Å². The van der Waals surface area contributed by atoms with Crippen molar-refractivity contribution < 1.29 is 29.3 Å². The van der Waals surface area contributed by atoms with E-state index in [0.29, 0.717) is 30.7 Å². The van der Waals surface area contributed by atoms with Gasteiger partial charge in [-0.25, -0.2) is 4.68 Å². The molecule has 10 nitrogen and oxygen atoms in total. The number of ketones is 1. The molecule has 1 aromatic heterocycles. The molecule has 10 heteroatoms. The Balaban J connectivity index is 1.24. The number of carboxylic acid groups (broad SMARTS) is 1. The number of rotatable bonds is 12. The molecule has 8 atom stereocenters. The van der Waals surface area contributed by atoms with Crippen molar-refractivity contribution in [2.45, 2.75) is 132 Å². The van der Waals surface area contributed by atoms with E-state index in [4.69, 9.17) is 4.74 Å². The fraction of sp³-hybridized carbons (Fsp3) is 0.791. The monoisotopic (exact) mass is 732 g/mol. The molecule has 53 heavy (non-hydrogen) atoms. The average molecular weight is 733 g/mol. The summed E-state index contributed by atoms with van der Waals surface area (Å²) in [5, 5.41) is 30.4. The van der Waals surface area contributed by atoms with Gasteiger partial charge >= 0.3 is 5.97 Å². The Morgan fingerprint density at radius 3 is 2.43 bits per heavy atom. The molecule has 1 heterocycles. The number of aliphatic carboxylic acids is 1. The molecule has 2 N–H and O–H groups in total. The summed E-state index contributed by atoms with van der Waals surface area (Å²) in [7, 11) is 1.55. The Bertz CT molecular complexity index is 1710. The Morgan fingerprint density at radius 2 is 1.79 bits per heavy atom. The largest absolute Gasteiger partial charge is 0.480 e. The smallest absolute Gasteiger partial charge is 0.325 e. The minimum atomic E-state index is -0.932. The summed E-state index contributed by atoms with van der Waals surface area (Å²) >= 11 is 0.